The molecule has 25 heavy (non-hydrogen) atoms. The number of phosphoric acid groups is 1. The van der Waals surface area contributed by atoms with Crippen molar-refractivity contribution in [2.45, 2.75) is 64.8 Å². The Bertz CT molecular complexity index is 587. The Morgan fingerprint density at radius 1 is 1.28 bits per heavy atom. The summed E-state index contributed by atoms with van der Waals surface area (Å²) in [5.41, 5.74) is 1.36. The first-order valence-electron chi connectivity index (χ1n) is 8.38. The zero-order valence-corrected chi connectivity index (χ0v) is 15.6. The Morgan fingerprint density at radius 3 is 2.44 bits per heavy atom. The summed E-state index contributed by atoms with van der Waals surface area (Å²) in [7, 11) is -4.61. The lowest BCUT2D eigenvalue weighted by Crippen LogP contribution is -2.36. The van der Waals surface area contributed by atoms with Gasteiger partial charge in [-0.25, -0.2) is 0 Å². The van der Waals surface area contributed by atoms with Gasteiger partial charge < -0.3 is 28.9 Å². The van der Waals surface area contributed by atoms with Crippen LogP contribution in [0.2, 0.25) is 0 Å². The fourth-order valence-corrected chi connectivity index (χ4v) is 3.71. The lowest BCUT2D eigenvalue weighted by Gasteiger charge is -2.30. The van der Waals surface area contributed by atoms with Gasteiger partial charge in [-0.1, -0.05) is 38.1 Å². The van der Waals surface area contributed by atoms with Crippen LogP contribution in [0.4, 0.5) is 0 Å². The smallest absolute Gasteiger partial charge is 0.268 e. The molecule has 0 bridgehead atoms. The van der Waals surface area contributed by atoms with Crippen LogP contribution in [0, 0.1) is 5.92 Å². The minimum Gasteiger partial charge on any atom is -0.756 e. The van der Waals surface area contributed by atoms with Crippen molar-refractivity contribution >= 4 is 7.82 Å². The van der Waals surface area contributed by atoms with Gasteiger partial charge >= 0.3 is 0 Å². The highest BCUT2D eigenvalue weighted by Gasteiger charge is 2.44. The standard InChI is InChI=1S/C17H27O7P/c1-11(2)8-15-17(16(19)12(3)23-15)24-25(20,21)22-10-14-6-4-13(9-18)5-7-14/h4-7,11-12,15-19H,8-10H2,1-3H3,(H,20,21)/p-1/t12-,15+,16-,17+/m0/s1. The molecule has 1 heterocycles. The molecule has 1 unspecified atom stereocenters. The molecule has 1 aromatic rings. The third kappa shape index (κ3) is 5.86. The number of aliphatic hydroxyl groups is 2. The van der Waals surface area contributed by atoms with Crippen molar-refractivity contribution in [3.05, 3.63) is 35.4 Å². The first kappa shape index (κ1) is 20.5. The summed E-state index contributed by atoms with van der Waals surface area (Å²) in [6.07, 6.45) is -2.43. The van der Waals surface area contributed by atoms with Crippen LogP contribution >= 0.6 is 7.82 Å². The molecule has 8 heteroatoms. The van der Waals surface area contributed by atoms with Gasteiger partial charge in [0.15, 0.2) is 0 Å². The predicted molar refractivity (Wildman–Crippen MR) is 89.4 cm³/mol. The monoisotopic (exact) mass is 373 g/mol. The van der Waals surface area contributed by atoms with Crippen molar-refractivity contribution in [2.24, 2.45) is 5.92 Å². The van der Waals surface area contributed by atoms with Gasteiger partial charge in [0.2, 0.25) is 0 Å². The zero-order chi connectivity index (χ0) is 18.6. The van der Waals surface area contributed by atoms with E-state index in [1.807, 2.05) is 13.8 Å². The zero-order valence-electron chi connectivity index (χ0n) is 14.7. The van der Waals surface area contributed by atoms with Crippen molar-refractivity contribution in [2.75, 3.05) is 0 Å². The molecule has 1 aliphatic heterocycles. The van der Waals surface area contributed by atoms with E-state index in [4.69, 9.17) is 18.9 Å². The minimum atomic E-state index is -4.61. The number of hydrogen-bond acceptors (Lipinski definition) is 7. The van der Waals surface area contributed by atoms with Crippen LogP contribution in [0.15, 0.2) is 24.3 Å². The molecule has 2 rings (SSSR count). The molecule has 142 valence electrons. The molecule has 1 aliphatic rings. The number of hydrogen-bond donors (Lipinski definition) is 2. The van der Waals surface area contributed by atoms with Crippen LogP contribution in [0.5, 0.6) is 0 Å². The van der Waals surface area contributed by atoms with Crippen molar-refractivity contribution in [1.29, 1.82) is 0 Å². The molecule has 1 saturated heterocycles. The topological polar surface area (TPSA) is 108 Å². The van der Waals surface area contributed by atoms with Gasteiger partial charge in [-0.15, -0.1) is 0 Å². The highest BCUT2D eigenvalue weighted by molar-refractivity contribution is 7.45. The summed E-state index contributed by atoms with van der Waals surface area (Å²) >= 11 is 0. The van der Waals surface area contributed by atoms with Gasteiger partial charge in [0.05, 0.1) is 25.4 Å². The second-order valence-electron chi connectivity index (χ2n) is 6.77. The first-order chi connectivity index (χ1) is 11.7. The van der Waals surface area contributed by atoms with E-state index in [0.29, 0.717) is 12.0 Å². The third-order valence-electron chi connectivity index (χ3n) is 4.12. The number of aliphatic hydroxyl groups excluding tert-OH is 2. The summed E-state index contributed by atoms with van der Waals surface area (Å²) in [5, 5.41) is 19.2. The first-order valence-corrected chi connectivity index (χ1v) is 9.84. The highest BCUT2D eigenvalue weighted by Crippen LogP contribution is 2.45. The average Bonchev–Trinajstić information content (AvgIpc) is 2.80. The Morgan fingerprint density at radius 2 is 1.88 bits per heavy atom. The van der Waals surface area contributed by atoms with E-state index in [0.717, 1.165) is 5.56 Å². The Hall–Kier alpha value is -0.790. The summed E-state index contributed by atoms with van der Waals surface area (Å²) < 4.78 is 27.8. The van der Waals surface area contributed by atoms with E-state index in [1.165, 1.54) is 0 Å². The molecular formula is C17H26O7P-. The van der Waals surface area contributed by atoms with Crippen LogP contribution in [0.1, 0.15) is 38.3 Å². The molecule has 7 nitrogen and oxygen atoms in total. The van der Waals surface area contributed by atoms with Gasteiger partial charge in [0.1, 0.15) is 12.2 Å². The number of rotatable bonds is 8. The molecule has 2 N–H and O–H groups in total. The van der Waals surface area contributed by atoms with Gasteiger partial charge in [-0.2, -0.15) is 0 Å². The predicted octanol–water partition coefficient (Wildman–Crippen LogP) is 1.74. The van der Waals surface area contributed by atoms with Gasteiger partial charge in [0, 0.05) is 0 Å². The molecule has 1 fully saturated rings. The van der Waals surface area contributed by atoms with Crippen LogP contribution in [0.3, 0.4) is 0 Å². The van der Waals surface area contributed by atoms with Gasteiger partial charge in [0.25, 0.3) is 7.82 Å². The second kappa shape index (κ2) is 8.73. The SMILES string of the molecule is CC(C)C[C@H]1O[C@@H](C)[C@H](O)[C@@H]1OP(=O)([O-])OCc1ccc(CO)cc1. The summed E-state index contributed by atoms with van der Waals surface area (Å²) in [5.74, 6) is 0.269. The molecule has 0 saturated carbocycles. The Labute approximate surface area is 148 Å². The fourth-order valence-electron chi connectivity index (χ4n) is 2.78. The van der Waals surface area contributed by atoms with Crippen molar-refractivity contribution in [3.8, 4) is 0 Å². The molecule has 5 atom stereocenters. The van der Waals surface area contributed by atoms with E-state index >= 15 is 0 Å². The fraction of sp³-hybridized carbons (Fsp3) is 0.647. The Balaban J connectivity index is 1.96. The summed E-state index contributed by atoms with van der Waals surface area (Å²) in [6, 6.07) is 6.71. The lowest BCUT2D eigenvalue weighted by molar-refractivity contribution is -0.234. The normalized spacial score (nSPS) is 29.1. The van der Waals surface area contributed by atoms with Crippen molar-refractivity contribution in [1.82, 2.24) is 0 Å². The van der Waals surface area contributed by atoms with Crippen LogP contribution in [-0.2, 0) is 31.6 Å². The van der Waals surface area contributed by atoms with E-state index in [-0.39, 0.29) is 19.1 Å². The average molecular weight is 373 g/mol. The maximum Gasteiger partial charge on any atom is 0.268 e. The quantitative estimate of drug-likeness (QED) is 0.668. The molecule has 0 aliphatic carbocycles. The van der Waals surface area contributed by atoms with Crippen LogP contribution in [-0.4, -0.2) is 34.6 Å². The third-order valence-corrected chi connectivity index (χ3v) is 5.07. The number of phosphoric ester groups is 1. The van der Waals surface area contributed by atoms with Crippen molar-refractivity contribution in [3.63, 3.8) is 0 Å². The van der Waals surface area contributed by atoms with Crippen molar-refractivity contribution < 1.29 is 33.5 Å². The molecule has 0 aromatic heterocycles. The number of benzene rings is 1. The van der Waals surface area contributed by atoms with Gasteiger partial charge in [-0.3, -0.25) is 4.57 Å². The summed E-state index contributed by atoms with van der Waals surface area (Å²) in [4.78, 5) is 12.1. The Kier molecular flexibility index (Phi) is 7.17. The van der Waals surface area contributed by atoms with Crippen LogP contribution in [0.25, 0.3) is 0 Å². The molecule has 1 aromatic carbocycles. The largest absolute Gasteiger partial charge is 0.756 e. The highest BCUT2D eigenvalue weighted by atomic mass is 31.2. The van der Waals surface area contributed by atoms with E-state index in [2.05, 4.69) is 0 Å². The summed E-state index contributed by atoms with van der Waals surface area (Å²) in [6.45, 7) is 5.39. The van der Waals surface area contributed by atoms with Gasteiger partial charge in [-0.05, 0) is 30.4 Å². The lowest BCUT2D eigenvalue weighted by atomic mass is 10.00. The van der Waals surface area contributed by atoms with E-state index in [9.17, 15) is 14.6 Å². The van der Waals surface area contributed by atoms with E-state index < -0.39 is 32.2 Å². The molecular weight excluding hydrogens is 347 g/mol. The number of ether oxygens (including phenoxy) is 1. The minimum absolute atomic E-state index is 0.0840. The maximum absolute atomic E-state index is 12.1. The molecule has 0 spiro atoms. The van der Waals surface area contributed by atoms with Crippen LogP contribution < -0.4 is 4.89 Å². The molecule has 0 amide bonds. The molecule has 0 radical (unpaired) electrons. The second-order valence-corrected chi connectivity index (χ2v) is 8.13. The van der Waals surface area contributed by atoms with E-state index in [1.54, 1.807) is 31.2 Å². The maximum atomic E-state index is 12.1.